The highest BCUT2D eigenvalue weighted by atomic mass is 16.5. The standard InChI is InChI=1S/C19H20N2O4/c1-13(2)20-17(22)12-25-19(24)15-10-6-7-11-16(15)21-18(23)14-8-4-3-5-9-14/h3-11,13H,12H2,1-2H3,(H,20,22)(H,21,23). The van der Waals surface area contributed by atoms with E-state index in [0.717, 1.165) is 0 Å². The largest absolute Gasteiger partial charge is 0.452 e. The van der Waals surface area contributed by atoms with Crippen LogP contribution < -0.4 is 10.6 Å². The van der Waals surface area contributed by atoms with Crippen LogP contribution in [0.5, 0.6) is 0 Å². The number of amides is 2. The minimum Gasteiger partial charge on any atom is -0.452 e. The number of benzene rings is 2. The number of esters is 1. The van der Waals surface area contributed by atoms with E-state index in [1.165, 1.54) is 6.07 Å². The van der Waals surface area contributed by atoms with Crippen LogP contribution in [0.3, 0.4) is 0 Å². The third kappa shape index (κ3) is 5.46. The van der Waals surface area contributed by atoms with Crippen LogP contribution in [-0.2, 0) is 9.53 Å². The number of hydrogen-bond donors (Lipinski definition) is 2. The summed E-state index contributed by atoms with van der Waals surface area (Å²) >= 11 is 0. The van der Waals surface area contributed by atoms with Crippen LogP contribution in [0.15, 0.2) is 54.6 Å². The minimum atomic E-state index is -0.678. The maximum atomic E-state index is 12.2. The lowest BCUT2D eigenvalue weighted by molar-refractivity contribution is -0.124. The van der Waals surface area contributed by atoms with Crippen molar-refractivity contribution in [3.63, 3.8) is 0 Å². The molecule has 2 amide bonds. The van der Waals surface area contributed by atoms with E-state index >= 15 is 0 Å². The number of carbonyl (C=O) groups is 3. The van der Waals surface area contributed by atoms with E-state index in [4.69, 9.17) is 4.74 Å². The number of rotatable bonds is 6. The number of para-hydroxylation sites is 1. The summed E-state index contributed by atoms with van der Waals surface area (Å²) in [5.74, 6) is -1.39. The first kappa shape index (κ1) is 18.2. The molecule has 0 spiro atoms. The molecule has 6 nitrogen and oxygen atoms in total. The second-order valence-electron chi connectivity index (χ2n) is 5.66. The quantitative estimate of drug-likeness (QED) is 0.792. The molecule has 0 aliphatic heterocycles. The number of carbonyl (C=O) groups excluding carboxylic acids is 3. The number of ether oxygens (including phenoxy) is 1. The normalized spacial score (nSPS) is 10.2. The van der Waals surface area contributed by atoms with Crippen molar-refractivity contribution in [1.82, 2.24) is 5.32 Å². The Hall–Kier alpha value is -3.15. The van der Waals surface area contributed by atoms with Gasteiger partial charge in [0.1, 0.15) is 0 Å². The fourth-order valence-electron chi connectivity index (χ4n) is 2.13. The maximum Gasteiger partial charge on any atom is 0.340 e. The molecule has 0 saturated heterocycles. The molecule has 0 saturated carbocycles. The molecule has 0 atom stereocenters. The van der Waals surface area contributed by atoms with E-state index in [0.29, 0.717) is 11.3 Å². The summed E-state index contributed by atoms with van der Waals surface area (Å²) in [6.07, 6.45) is 0. The van der Waals surface area contributed by atoms with Crippen molar-refractivity contribution < 1.29 is 19.1 Å². The van der Waals surface area contributed by atoms with Gasteiger partial charge in [-0.15, -0.1) is 0 Å². The Kier molecular flexibility index (Phi) is 6.28. The molecule has 0 unspecified atom stereocenters. The zero-order valence-electron chi connectivity index (χ0n) is 14.1. The Balaban J connectivity index is 2.06. The van der Waals surface area contributed by atoms with Crippen LogP contribution in [0.1, 0.15) is 34.6 Å². The molecule has 0 bridgehead atoms. The first-order chi connectivity index (χ1) is 12.0. The average molecular weight is 340 g/mol. The van der Waals surface area contributed by atoms with Gasteiger partial charge in [-0.1, -0.05) is 30.3 Å². The second kappa shape index (κ2) is 8.63. The summed E-state index contributed by atoms with van der Waals surface area (Å²) < 4.78 is 5.02. The Morgan fingerprint density at radius 2 is 1.60 bits per heavy atom. The van der Waals surface area contributed by atoms with E-state index in [1.54, 1.807) is 42.5 Å². The minimum absolute atomic E-state index is 0.0383. The lowest BCUT2D eigenvalue weighted by atomic mass is 10.1. The van der Waals surface area contributed by atoms with Crippen LogP contribution in [0.4, 0.5) is 5.69 Å². The van der Waals surface area contributed by atoms with Gasteiger partial charge in [0.15, 0.2) is 6.61 Å². The van der Waals surface area contributed by atoms with Crippen molar-refractivity contribution >= 4 is 23.5 Å². The molecule has 2 rings (SSSR count). The molecule has 2 aromatic carbocycles. The van der Waals surface area contributed by atoms with Gasteiger partial charge >= 0.3 is 5.97 Å². The third-order valence-electron chi connectivity index (χ3n) is 3.22. The lowest BCUT2D eigenvalue weighted by Gasteiger charge is -2.12. The van der Waals surface area contributed by atoms with Gasteiger partial charge in [-0.2, -0.15) is 0 Å². The van der Waals surface area contributed by atoms with E-state index in [1.807, 2.05) is 19.9 Å². The van der Waals surface area contributed by atoms with E-state index in [2.05, 4.69) is 10.6 Å². The Morgan fingerprint density at radius 3 is 2.28 bits per heavy atom. The Bertz CT molecular complexity index is 757. The van der Waals surface area contributed by atoms with Crippen LogP contribution in [-0.4, -0.2) is 30.4 Å². The van der Waals surface area contributed by atoms with E-state index < -0.39 is 5.97 Å². The Morgan fingerprint density at radius 1 is 0.960 bits per heavy atom. The second-order valence-corrected chi connectivity index (χ2v) is 5.66. The summed E-state index contributed by atoms with van der Waals surface area (Å²) in [6.45, 7) is 3.25. The zero-order chi connectivity index (χ0) is 18.2. The maximum absolute atomic E-state index is 12.2. The van der Waals surface area contributed by atoms with Crippen molar-refractivity contribution in [2.45, 2.75) is 19.9 Å². The van der Waals surface area contributed by atoms with Crippen LogP contribution in [0, 0.1) is 0 Å². The number of anilines is 1. The molecular weight excluding hydrogens is 320 g/mol. The van der Waals surface area contributed by atoms with Crippen molar-refractivity contribution in [3.05, 3.63) is 65.7 Å². The van der Waals surface area contributed by atoms with Crippen molar-refractivity contribution in [3.8, 4) is 0 Å². The number of hydrogen-bond acceptors (Lipinski definition) is 4. The van der Waals surface area contributed by atoms with Crippen LogP contribution in [0.25, 0.3) is 0 Å². The molecule has 25 heavy (non-hydrogen) atoms. The molecule has 0 aliphatic carbocycles. The smallest absolute Gasteiger partial charge is 0.340 e. The van der Waals surface area contributed by atoms with Crippen LogP contribution in [0.2, 0.25) is 0 Å². The monoisotopic (exact) mass is 340 g/mol. The molecule has 130 valence electrons. The first-order valence-electron chi connectivity index (χ1n) is 7.89. The average Bonchev–Trinajstić information content (AvgIpc) is 2.60. The van der Waals surface area contributed by atoms with Crippen LogP contribution >= 0.6 is 0 Å². The summed E-state index contributed by atoms with van der Waals surface area (Å²) in [5.41, 5.74) is 0.983. The fourth-order valence-corrected chi connectivity index (χ4v) is 2.13. The van der Waals surface area contributed by atoms with Gasteiger partial charge < -0.3 is 15.4 Å². The summed E-state index contributed by atoms with van der Waals surface area (Å²) in [5, 5.41) is 5.32. The van der Waals surface area contributed by atoms with Gasteiger partial charge in [0.05, 0.1) is 11.3 Å². The lowest BCUT2D eigenvalue weighted by Crippen LogP contribution is -2.34. The van der Waals surface area contributed by atoms with E-state index in [-0.39, 0.29) is 30.0 Å². The van der Waals surface area contributed by atoms with Gasteiger partial charge in [-0.05, 0) is 38.1 Å². The molecule has 2 N–H and O–H groups in total. The SMILES string of the molecule is CC(C)NC(=O)COC(=O)c1ccccc1NC(=O)c1ccccc1. The molecule has 0 aliphatic rings. The predicted molar refractivity (Wildman–Crippen MR) is 94.4 cm³/mol. The van der Waals surface area contributed by atoms with Crippen molar-refractivity contribution in [1.29, 1.82) is 0 Å². The Labute approximate surface area is 146 Å². The van der Waals surface area contributed by atoms with Gasteiger partial charge in [-0.25, -0.2) is 4.79 Å². The molecule has 0 radical (unpaired) electrons. The molecule has 0 fully saturated rings. The highest BCUT2D eigenvalue weighted by Gasteiger charge is 2.16. The molecule has 6 heteroatoms. The molecule has 2 aromatic rings. The number of nitrogens with one attached hydrogen (secondary N) is 2. The third-order valence-corrected chi connectivity index (χ3v) is 3.22. The van der Waals surface area contributed by atoms with Gasteiger partial charge in [0, 0.05) is 11.6 Å². The van der Waals surface area contributed by atoms with Crippen molar-refractivity contribution in [2.75, 3.05) is 11.9 Å². The highest BCUT2D eigenvalue weighted by Crippen LogP contribution is 2.17. The van der Waals surface area contributed by atoms with Gasteiger partial charge in [0.25, 0.3) is 11.8 Å². The highest BCUT2D eigenvalue weighted by molar-refractivity contribution is 6.08. The molecular formula is C19H20N2O4. The summed E-state index contributed by atoms with van der Waals surface area (Å²) in [7, 11) is 0. The summed E-state index contributed by atoms with van der Waals surface area (Å²) in [6, 6.07) is 15.1. The fraction of sp³-hybridized carbons (Fsp3) is 0.211. The molecule has 0 heterocycles. The van der Waals surface area contributed by atoms with E-state index in [9.17, 15) is 14.4 Å². The van der Waals surface area contributed by atoms with Gasteiger partial charge in [0.2, 0.25) is 0 Å². The van der Waals surface area contributed by atoms with Gasteiger partial charge in [-0.3, -0.25) is 9.59 Å². The van der Waals surface area contributed by atoms with Crippen molar-refractivity contribution in [2.24, 2.45) is 0 Å². The zero-order valence-corrected chi connectivity index (χ0v) is 14.1. The molecule has 0 aromatic heterocycles. The first-order valence-corrected chi connectivity index (χ1v) is 7.89. The predicted octanol–water partition coefficient (Wildman–Crippen LogP) is 2.62. The summed E-state index contributed by atoms with van der Waals surface area (Å²) in [4.78, 5) is 36.0. The topological polar surface area (TPSA) is 84.5 Å².